The first-order valence-electron chi connectivity index (χ1n) is 5.18. The van der Waals surface area contributed by atoms with Crippen molar-refractivity contribution in [1.29, 1.82) is 0 Å². The lowest BCUT2D eigenvalue weighted by Crippen LogP contribution is -2.34. The molecule has 1 atom stereocenters. The topological polar surface area (TPSA) is 42.0 Å². The zero-order chi connectivity index (χ0) is 11.6. The summed E-state index contributed by atoms with van der Waals surface area (Å²) in [5.74, 6) is 1.59. The number of amides is 1. The lowest BCUT2D eigenvalue weighted by molar-refractivity contribution is -0.118. The number of halogens is 1. The molecule has 86 valence electrons. The van der Waals surface area contributed by atoms with E-state index in [-0.39, 0.29) is 10.7 Å². The van der Waals surface area contributed by atoms with E-state index in [1.54, 1.807) is 30.0 Å². The summed E-state index contributed by atoms with van der Waals surface area (Å²) in [5, 5.41) is 3.20. The summed E-state index contributed by atoms with van der Waals surface area (Å²) in [5.41, 5.74) is 0. The van der Waals surface area contributed by atoms with Crippen LogP contribution >= 0.6 is 23.4 Å². The maximum absolute atomic E-state index is 12.0. The van der Waals surface area contributed by atoms with Crippen LogP contribution in [0.3, 0.4) is 0 Å². The van der Waals surface area contributed by atoms with E-state index >= 15 is 0 Å². The zero-order valence-corrected chi connectivity index (χ0v) is 10.6. The second kappa shape index (κ2) is 4.63. The molecular weight excluding hydrogens is 244 g/mol. The van der Waals surface area contributed by atoms with Crippen LogP contribution in [0.1, 0.15) is 19.8 Å². The molecule has 2 heterocycles. The van der Waals surface area contributed by atoms with Crippen LogP contribution in [0.5, 0.6) is 0 Å². The van der Waals surface area contributed by atoms with Crippen LogP contribution in [0.25, 0.3) is 0 Å². The number of hydrogen-bond donors (Lipinski definition) is 1. The second-order valence-electron chi connectivity index (χ2n) is 3.98. The van der Waals surface area contributed by atoms with Gasteiger partial charge in [-0.2, -0.15) is 0 Å². The van der Waals surface area contributed by atoms with Crippen molar-refractivity contribution in [1.82, 2.24) is 4.98 Å². The van der Waals surface area contributed by atoms with Gasteiger partial charge < -0.3 is 5.32 Å². The van der Waals surface area contributed by atoms with E-state index in [0.717, 1.165) is 18.6 Å². The zero-order valence-electron chi connectivity index (χ0n) is 9.00. The molecule has 16 heavy (non-hydrogen) atoms. The normalized spacial score (nSPS) is 24.4. The number of thioether (sulfide) groups is 1. The first-order valence-corrected chi connectivity index (χ1v) is 6.54. The number of nitrogens with one attached hydrogen (secondary N) is 1. The third-order valence-electron chi connectivity index (χ3n) is 2.66. The Morgan fingerprint density at radius 2 is 2.44 bits per heavy atom. The molecule has 1 N–H and O–H groups in total. The average molecular weight is 257 g/mol. The van der Waals surface area contributed by atoms with Gasteiger partial charge in [-0.05, 0) is 37.7 Å². The van der Waals surface area contributed by atoms with Gasteiger partial charge in [-0.25, -0.2) is 4.98 Å². The van der Waals surface area contributed by atoms with Crippen LogP contribution in [-0.4, -0.2) is 21.4 Å². The molecule has 1 aromatic heterocycles. The molecule has 0 aliphatic carbocycles. The molecule has 1 aromatic rings. The molecular formula is C11H13ClN2OS. The molecule has 3 nitrogen and oxygen atoms in total. The Hall–Kier alpha value is -0.740. The molecule has 0 saturated carbocycles. The van der Waals surface area contributed by atoms with E-state index in [1.807, 2.05) is 6.92 Å². The molecule has 1 fully saturated rings. The summed E-state index contributed by atoms with van der Waals surface area (Å²) < 4.78 is -0.315. The molecule has 1 saturated heterocycles. The molecule has 2 rings (SSSR count). The van der Waals surface area contributed by atoms with Crippen molar-refractivity contribution in [2.24, 2.45) is 0 Å². The number of pyridine rings is 1. The molecule has 0 spiro atoms. The largest absolute Gasteiger partial charge is 0.309 e. The summed E-state index contributed by atoms with van der Waals surface area (Å²) in [6.45, 7) is 1.98. The Morgan fingerprint density at radius 1 is 1.62 bits per heavy atom. The Balaban J connectivity index is 2.07. The van der Waals surface area contributed by atoms with Gasteiger partial charge in [-0.15, -0.1) is 11.8 Å². The summed E-state index contributed by atoms with van der Waals surface area (Å²) in [4.78, 5) is 16.1. The second-order valence-corrected chi connectivity index (χ2v) is 5.97. The van der Waals surface area contributed by atoms with Crippen molar-refractivity contribution in [2.75, 3.05) is 11.1 Å². The van der Waals surface area contributed by atoms with Crippen LogP contribution in [0.2, 0.25) is 5.15 Å². The summed E-state index contributed by atoms with van der Waals surface area (Å²) in [6, 6.07) is 5.20. The minimum atomic E-state index is -0.315. The Bertz CT molecular complexity index is 405. The van der Waals surface area contributed by atoms with Crippen LogP contribution in [0.4, 0.5) is 5.82 Å². The van der Waals surface area contributed by atoms with Crippen LogP contribution in [0, 0.1) is 0 Å². The van der Waals surface area contributed by atoms with Gasteiger partial charge >= 0.3 is 0 Å². The van der Waals surface area contributed by atoms with E-state index in [1.165, 1.54) is 0 Å². The van der Waals surface area contributed by atoms with Crippen molar-refractivity contribution in [3.05, 3.63) is 23.4 Å². The summed E-state index contributed by atoms with van der Waals surface area (Å²) >= 11 is 7.46. The van der Waals surface area contributed by atoms with E-state index in [2.05, 4.69) is 10.3 Å². The highest BCUT2D eigenvalue weighted by Gasteiger charge is 2.37. The monoisotopic (exact) mass is 256 g/mol. The van der Waals surface area contributed by atoms with Crippen molar-refractivity contribution in [2.45, 2.75) is 24.5 Å². The highest BCUT2D eigenvalue weighted by molar-refractivity contribution is 8.01. The third kappa shape index (κ3) is 2.50. The third-order valence-corrected chi connectivity index (χ3v) is 4.39. The smallest absolute Gasteiger partial charge is 0.241 e. The molecule has 1 unspecified atom stereocenters. The van der Waals surface area contributed by atoms with Gasteiger partial charge in [-0.1, -0.05) is 17.7 Å². The number of aromatic nitrogens is 1. The number of anilines is 1. The van der Waals surface area contributed by atoms with Crippen LogP contribution in [-0.2, 0) is 4.79 Å². The lowest BCUT2D eigenvalue weighted by atomic mass is 10.1. The predicted octanol–water partition coefficient (Wildman–Crippen LogP) is 2.96. The van der Waals surface area contributed by atoms with E-state index < -0.39 is 0 Å². The lowest BCUT2D eigenvalue weighted by Gasteiger charge is -2.20. The molecule has 1 amide bonds. The van der Waals surface area contributed by atoms with Gasteiger partial charge in [0.1, 0.15) is 11.0 Å². The van der Waals surface area contributed by atoms with E-state index in [4.69, 9.17) is 11.6 Å². The number of rotatable bonds is 2. The van der Waals surface area contributed by atoms with Crippen molar-refractivity contribution >= 4 is 35.1 Å². The van der Waals surface area contributed by atoms with Crippen molar-refractivity contribution in [3.63, 3.8) is 0 Å². The minimum Gasteiger partial charge on any atom is -0.309 e. The van der Waals surface area contributed by atoms with Gasteiger partial charge in [0.25, 0.3) is 0 Å². The van der Waals surface area contributed by atoms with Gasteiger partial charge in [0.15, 0.2) is 0 Å². The SMILES string of the molecule is CC1(C(=O)Nc2cccc(Cl)n2)CCCS1. The number of carbonyl (C=O) groups excluding carboxylic acids is 1. The van der Waals surface area contributed by atoms with Gasteiger partial charge in [-0.3, -0.25) is 4.79 Å². The molecule has 1 aliphatic rings. The standard InChI is InChI=1S/C11H13ClN2OS/c1-11(6-3-7-16-11)10(15)14-9-5-2-4-8(12)13-9/h2,4-5H,3,6-7H2,1H3,(H,13,14,15). The highest BCUT2D eigenvalue weighted by atomic mass is 35.5. The maximum Gasteiger partial charge on any atom is 0.241 e. The predicted molar refractivity (Wildman–Crippen MR) is 68.0 cm³/mol. The first-order chi connectivity index (χ1) is 7.60. The van der Waals surface area contributed by atoms with Crippen LogP contribution < -0.4 is 5.32 Å². The summed E-state index contributed by atoms with van der Waals surface area (Å²) in [6.07, 6.45) is 2.02. The first kappa shape index (κ1) is 11.7. The Morgan fingerprint density at radius 3 is 3.06 bits per heavy atom. The van der Waals surface area contributed by atoms with Gasteiger partial charge in [0.2, 0.25) is 5.91 Å². The number of hydrogen-bond acceptors (Lipinski definition) is 3. The van der Waals surface area contributed by atoms with E-state index in [9.17, 15) is 4.79 Å². The fourth-order valence-electron chi connectivity index (χ4n) is 1.68. The molecule has 5 heteroatoms. The van der Waals surface area contributed by atoms with Crippen LogP contribution in [0.15, 0.2) is 18.2 Å². The van der Waals surface area contributed by atoms with Gasteiger partial charge in [0.05, 0.1) is 4.75 Å². The molecule has 1 aliphatic heterocycles. The highest BCUT2D eigenvalue weighted by Crippen LogP contribution is 2.38. The number of nitrogens with zero attached hydrogens (tertiary/aromatic N) is 1. The van der Waals surface area contributed by atoms with Crippen molar-refractivity contribution < 1.29 is 4.79 Å². The average Bonchev–Trinajstić information content (AvgIpc) is 2.66. The fourth-order valence-corrected chi connectivity index (χ4v) is 3.06. The Labute approximate surface area is 104 Å². The van der Waals surface area contributed by atoms with Crippen molar-refractivity contribution in [3.8, 4) is 0 Å². The number of carbonyl (C=O) groups is 1. The van der Waals surface area contributed by atoms with Gasteiger partial charge in [0, 0.05) is 0 Å². The Kier molecular flexibility index (Phi) is 3.40. The summed E-state index contributed by atoms with van der Waals surface area (Å²) in [7, 11) is 0. The van der Waals surface area contributed by atoms with E-state index in [0.29, 0.717) is 11.0 Å². The molecule has 0 bridgehead atoms. The minimum absolute atomic E-state index is 0.0183. The fraction of sp³-hybridized carbons (Fsp3) is 0.455. The quantitative estimate of drug-likeness (QED) is 0.828. The maximum atomic E-state index is 12.0. The molecule has 0 aromatic carbocycles. The molecule has 0 radical (unpaired) electrons.